The second-order valence-corrected chi connectivity index (χ2v) is 2.10. The van der Waals surface area contributed by atoms with Crippen LogP contribution in [0, 0.1) is 5.92 Å². The third kappa shape index (κ3) is 2.19. The maximum atomic E-state index is 3.27. The van der Waals surface area contributed by atoms with Gasteiger partial charge in [-0.15, -0.1) is 0 Å². The monoisotopic (exact) mass is 119 g/mol. The predicted octanol–water partition coefficient (Wildman–Crippen LogP) is 0.729. The van der Waals surface area contributed by atoms with Crippen LogP contribution in [-0.4, -0.2) is 13.1 Å². The molecule has 7 heavy (non-hydrogen) atoms. The summed E-state index contributed by atoms with van der Waals surface area (Å²) in [6.07, 6.45) is 1.38. The first-order valence-corrected chi connectivity index (χ1v) is 2.60. The van der Waals surface area contributed by atoms with E-state index in [0.29, 0.717) is 0 Å². The molecule has 0 saturated carbocycles. The molecule has 0 spiro atoms. The summed E-state index contributed by atoms with van der Waals surface area (Å²) in [4.78, 5) is 0. The molecule has 0 bridgehead atoms. The zero-order chi connectivity index (χ0) is 4.41. The molecule has 0 aromatic heterocycles. The molecule has 1 aliphatic heterocycles. The van der Waals surface area contributed by atoms with Gasteiger partial charge in [0.2, 0.25) is 0 Å². The Bertz CT molecular complexity index is 41.3. The van der Waals surface area contributed by atoms with E-state index in [9.17, 15) is 0 Å². The fourth-order valence-electron chi connectivity index (χ4n) is 0.799. The van der Waals surface area contributed by atoms with Crippen molar-refractivity contribution >= 4 is 13.5 Å². The lowest BCUT2D eigenvalue weighted by atomic mass is 10.2. The van der Waals surface area contributed by atoms with Crippen molar-refractivity contribution in [2.75, 3.05) is 13.1 Å². The van der Waals surface area contributed by atoms with Crippen molar-refractivity contribution in [2.24, 2.45) is 5.92 Å². The van der Waals surface area contributed by atoms with E-state index in [-0.39, 0.29) is 13.5 Å². The SMILES string of the molecule is C[C@@H]1CCNC1.S. The highest BCUT2D eigenvalue weighted by Crippen LogP contribution is 2.03. The number of rotatable bonds is 0. The zero-order valence-electron chi connectivity index (χ0n) is 4.70. The predicted molar refractivity (Wildman–Crippen MR) is 37.0 cm³/mol. The molecule has 0 unspecified atom stereocenters. The maximum Gasteiger partial charge on any atom is -0.00227 e. The molecular weight excluding hydrogens is 106 g/mol. The topological polar surface area (TPSA) is 12.0 Å². The van der Waals surface area contributed by atoms with E-state index in [1.165, 1.54) is 19.5 Å². The summed E-state index contributed by atoms with van der Waals surface area (Å²) >= 11 is 0. The first kappa shape index (κ1) is 7.31. The van der Waals surface area contributed by atoms with Crippen LogP contribution in [-0.2, 0) is 0 Å². The van der Waals surface area contributed by atoms with Gasteiger partial charge in [-0.2, -0.15) is 13.5 Å². The molecule has 2 heteroatoms. The molecule has 0 aliphatic carbocycles. The van der Waals surface area contributed by atoms with E-state index in [1.807, 2.05) is 0 Å². The Hall–Kier alpha value is 0.310. The van der Waals surface area contributed by atoms with Crippen LogP contribution in [0.3, 0.4) is 0 Å². The van der Waals surface area contributed by atoms with Crippen LogP contribution in [0.15, 0.2) is 0 Å². The van der Waals surface area contributed by atoms with E-state index < -0.39 is 0 Å². The molecule has 0 aromatic carbocycles. The number of hydrogen-bond acceptors (Lipinski definition) is 1. The summed E-state index contributed by atoms with van der Waals surface area (Å²) in [5.41, 5.74) is 0. The van der Waals surface area contributed by atoms with Crippen LogP contribution in [0.25, 0.3) is 0 Å². The molecule has 0 radical (unpaired) electrons. The lowest BCUT2D eigenvalue weighted by molar-refractivity contribution is 0.651. The Morgan fingerprint density at radius 2 is 2.29 bits per heavy atom. The second kappa shape index (κ2) is 3.33. The molecule has 1 N–H and O–H groups in total. The Morgan fingerprint density at radius 3 is 2.43 bits per heavy atom. The van der Waals surface area contributed by atoms with Gasteiger partial charge >= 0.3 is 0 Å². The Labute approximate surface area is 51.9 Å². The smallest absolute Gasteiger partial charge is 0.00227 e. The van der Waals surface area contributed by atoms with Gasteiger partial charge in [-0.25, -0.2) is 0 Å². The van der Waals surface area contributed by atoms with Crippen molar-refractivity contribution in [3.8, 4) is 0 Å². The van der Waals surface area contributed by atoms with Crippen molar-refractivity contribution < 1.29 is 0 Å². The van der Waals surface area contributed by atoms with Gasteiger partial charge < -0.3 is 5.32 Å². The zero-order valence-corrected chi connectivity index (χ0v) is 5.70. The minimum Gasteiger partial charge on any atom is -0.316 e. The summed E-state index contributed by atoms with van der Waals surface area (Å²) < 4.78 is 0. The molecule has 1 nitrogen and oxygen atoms in total. The Kier molecular flexibility index (Phi) is 3.48. The van der Waals surface area contributed by atoms with Crippen LogP contribution in [0.2, 0.25) is 0 Å². The van der Waals surface area contributed by atoms with Gasteiger partial charge in [0.05, 0.1) is 0 Å². The van der Waals surface area contributed by atoms with Crippen LogP contribution in [0.1, 0.15) is 13.3 Å². The highest BCUT2D eigenvalue weighted by atomic mass is 32.1. The largest absolute Gasteiger partial charge is 0.316 e. The highest BCUT2D eigenvalue weighted by Gasteiger charge is 2.06. The van der Waals surface area contributed by atoms with Gasteiger partial charge in [0, 0.05) is 0 Å². The van der Waals surface area contributed by atoms with Crippen LogP contribution >= 0.6 is 13.5 Å². The number of hydrogen-bond donors (Lipinski definition) is 1. The van der Waals surface area contributed by atoms with E-state index in [2.05, 4.69) is 12.2 Å². The first-order chi connectivity index (χ1) is 2.89. The highest BCUT2D eigenvalue weighted by molar-refractivity contribution is 7.59. The van der Waals surface area contributed by atoms with Gasteiger partial charge in [0.25, 0.3) is 0 Å². The summed E-state index contributed by atoms with van der Waals surface area (Å²) in [5.74, 6) is 0.935. The van der Waals surface area contributed by atoms with Crippen molar-refractivity contribution in [3.05, 3.63) is 0 Å². The van der Waals surface area contributed by atoms with Crippen molar-refractivity contribution in [2.45, 2.75) is 13.3 Å². The standard InChI is InChI=1S/C5H11N.H2S/c1-5-2-3-6-4-5;/h5-6H,2-4H2,1H3;1H2/t5-;/m1./s1. The van der Waals surface area contributed by atoms with E-state index in [0.717, 1.165) is 5.92 Å². The normalized spacial score (nSPS) is 29.6. The molecule has 1 aliphatic rings. The summed E-state index contributed by atoms with van der Waals surface area (Å²) in [6, 6.07) is 0. The van der Waals surface area contributed by atoms with Gasteiger partial charge in [-0.05, 0) is 25.4 Å². The average Bonchev–Trinajstić information content (AvgIpc) is 1.86. The van der Waals surface area contributed by atoms with E-state index in [1.54, 1.807) is 0 Å². The third-order valence-corrected chi connectivity index (χ3v) is 1.31. The quantitative estimate of drug-likeness (QED) is 0.495. The van der Waals surface area contributed by atoms with Gasteiger partial charge in [0.1, 0.15) is 0 Å². The molecule has 1 fully saturated rings. The van der Waals surface area contributed by atoms with Crippen LogP contribution in [0.5, 0.6) is 0 Å². The van der Waals surface area contributed by atoms with Crippen LogP contribution < -0.4 is 5.32 Å². The second-order valence-electron chi connectivity index (χ2n) is 2.10. The average molecular weight is 119 g/mol. The van der Waals surface area contributed by atoms with E-state index >= 15 is 0 Å². The minimum absolute atomic E-state index is 0. The summed E-state index contributed by atoms with van der Waals surface area (Å²) in [7, 11) is 0. The third-order valence-electron chi connectivity index (χ3n) is 1.31. The molecule has 1 atom stereocenters. The van der Waals surface area contributed by atoms with Crippen molar-refractivity contribution in [3.63, 3.8) is 0 Å². The van der Waals surface area contributed by atoms with Gasteiger partial charge in [-0.3, -0.25) is 0 Å². The van der Waals surface area contributed by atoms with Crippen LogP contribution in [0.4, 0.5) is 0 Å². The fraction of sp³-hybridized carbons (Fsp3) is 1.00. The summed E-state index contributed by atoms with van der Waals surface area (Å²) in [6.45, 7) is 4.75. The number of nitrogens with one attached hydrogen (secondary N) is 1. The van der Waals surface area contributed by atoms with Gasteiger partial charge in [-0.1, -0.05) is 6.92 Å². The molecule has 0 amide bonds. The lowest BCUT2D eigenvalue weighted by Gasteiger charge is -1.90. The lowest BCUT2D eigenvalue weighted by Crippen LogP contribution is -2.06. The maximum absolute atomic E-state index is 3.27. The van der Waals surface area contributed by atoms with Crippen molar-refractivity contribution in [1.82, 2.24) is 5.32 Å². The molecule has 1 saturated heterocycles. The van der Waals surface area contributed by atoms with Crippen molar-refractivity contribution in [1.29, 1.82) is 0 Å². The summed E-state index contributed by atoms with van der Waals surface area (Å²) in [5, 5.41) is 3.27. The molecule has 1 heterocycles. The minimum atomic E-state index is 0. The first-order valence-electron chi connectivity index (χ1n) is 2.60. The molecule has 1 rings (SSSR count). The van der Waals surface area contributed by atoms with Gasteiger partial charge in [0.15, 0.2) is 0 Å². The molecule has 0 aromatic rings. The Balaban J connectivity index is 0.000000360. The molecule has 44 valence electrons. The fourth-order valence-corrected chi connectivity index (χ4v) is 0.799. The van der Waals surface area contributed by atoms with E-state index in [4.69, 9.17) is 0 Å². The molecular formula is C5H13NS. The Morgan fingerprint density at radius 1 is 1.57 bits per heavy atom.